The molecule has 0 aliphatic carbocycles. The van der Waals surface area contributed by atoms with Gasteiger partial charge in [-0.05, 0) is 9.13 Å². The van der Waals surface area contributed by atoms with Crippen molar-refractivity contribution in [3.8, 4) is 0 Å². The van der Waals surface area contributed by atoms with Gasteiger partial charge in [0.15, 0.2) is 0 Å². The smallest absolute Gasteiger partial charge is 1.00 e. The van der Waals surface area contributed by atoms with Gasteiger partial charge in [0.1, 0.15) is 4.31 Å². The Morgan fingerprint density at radius 3 is 0.765 bits per heavy atom. The van der Waals surface area contributed by atoms with Crippen LogP contribution >= 0.6 is 16.5 Å². The topological polar surface area (TPSA) is 338 Å². The van der Waals surface area contributed by atoms with Crippen LogP contribution in [0.4, 0.5) is 0 Å². The molecule has 0 spiro atoms. The molecule has 0 aromatic heterocycles. The van der Waals surface area contributed by atoms with Crippen LogP contribution < -0.4 is 68.9 Å². The molecular weight excluding hydrogens is 316 g/mol. The quantitative estimate of drug-likeness (QED) is 0.350. The number of hydrogen-bond acceptors (Lipinski definition) is 5. The summed E-state index contributed by atoms with van der Waals surface area (Å²) >= 11 is 0. The summed E-state index contributed by atoms with van der Waals surface area (Å²) in [5.74, 6) is 0. The van der Waals surface area contributed by atoms with E-state index in [-0.39, 0.29) is 103 Å². The van der Waals surface area contributed by atoms with Crippen molar-refractivity contribution in [1.29, 1.82) is 0 Å². The summed E-state index contributed by atoms with van der Waals surface area (Å²) in [5, 5.41) is 0. The molecule has 2 unspecified atom stereocenters. The van der Waals surface area contributed by atoms with Gasteiger partial charge in [-0.2, -0.15) is 0 Å². The zero-order valence-corrected chi connectivity index (χ0v) is 14.6. The zero-order chi connectivity index (χ0) is 5.86. The van der Waals surface area contributed by atoms with E-state index < -0.39 is 16.5 Å². The summed E-state index contributed by atoms with van der Waals surface area (Å²) in [6.07, 6.45) is 0. The second-order valence-electron chi connectivity index (χ2n) is 0.529. The van der Waals surface area contributed by atoms with Gasteiger partial charge in [-0.15, -0.1) is 0 Å². The average Bonchev–Trinajstić information content (AvgIpc) is 1.27. The van der Waals surface area contributed by atoms with E-state index in [1.54, 1.807) is 0 Å². The standard InChI is InChI=1S/2Na.O5P2.7H2O.O/c;;1-6(2)5-7(3)4;;;;;;;;/h;;;7*1H2;/q2*+1;;;;;;;;;-2. The molecule has 0 aliphatic rings. The molecule has 0 heterocycles. The van der Waals surface area contributed by atoms with Crippen molar-refractivity contribution in [2.45, 2.75) is 0 Å². The summed E-state index contributed by atoms with van der Waals surface area (Å²) < 4.78 is 21.6. The number of hydrogen-bond donors (Lipinski definition) is 0. The van der Waals surface area contributed by atoms with Gasteiger partial charge in [0.05, 0.1) is 0 Å². The minimum atomic E-state index is -3.24. The zero-order valence-electron chi connectivity index (χ0n) is 8.84. The SMILES string of the molecule is O.O.O.O.O.O.O.O=[P+]([O-])O[P+](=O)[O-].[Na+].[Na+].[O-2]. The van der Waals surface area contributed by atoms with Gasteiger partial charge in [-0.3, -0.25) is 0 Å². The van der Waals surface area contributed by atoms with E-state index in [2.05, 4.69) is 4.31 Å². The van der Waals surface area contributed by atoms with Gasteiger partial charge in [0.25, 0.3) is 0 Å². The second kappa shape index (κ2) is 65.0. The Hall–Kier alpha value is 1.76. The first-order chi connectivity index (χ1) is 3.13. The molecule has 0 amide bonds. The van der Waals surface area contributed by atoms with Gasteiger partial charge < -0.3 is 53.6 Å². The predicted molar refractivity (Wildman–Crippen MR) is 42.3 cm³/mol. The third-order valence-corrected chi connectivity index (χ3v) is 1.20. The van der Waals surface area contributed by atoms with Crippen LogP contribution in [0.1, 0.15) is 0 Å². The maximum absolute atomic E-state index is 9.24. The van der Waals surface area contributed by atoms with Crippen molar-refractivity contribution < 1.29 is 126 Å². The normalized spacial score (nSPS) is 5.53. The Morgan fingerprint density at radius 1 is 0.647 bits per heavy atom. The molecule has 0 fully saturated rings. The first kappa shape index (κ1) is 98.3. The van der Waals surface area contributed by atoms with E-state index in [9.17, 15) is 18.9 Å². The molecule has 0 saturated carbocycles. The van der Waals surface area contributed by atoms with E-state index in [4.69, 9.17) is 0 Å². The van der Waals surface area contributed by atoms with Crippen LogP contribution in [0.25, 0.3) is 0 Å². The third-order valence-electron chi connectivity index (χ3n) is 0.133. The maximum Gasteiger partial charge on any atom is 1.00 e. The van der Waals surface area contributed by atoms with Crippen molar-refractivity contribution in [2.24, 2.45) is 0 Å². The Balaban J connectivity index is -0.00000000400. The van der Waals surface area contributed by atoms with E-state index in [1.807, 2.05) is 0 Å². The molecule has 14 N–H and O–H groups in total. The second-order valence-corrected chi connectivity index (χ2v) is 2.08. The summed E-state index contributed by atoms with van der Waals surface area (Å²) in [4.78, 5) is 18.5. The molecule has 17 heavy (non-hydrogen) atoms. The molecule has 0 saturated heterocycles. The van der Waals surface area contributed by atoms with Crippen LogP contribution in [0.3, 0.4) is 0 Å². The van der Waals surface area contributed by atoms with Crippen molar-refractivity contribution in [2.75, 3.05) is 0 Å². The minimum absolute atomic E-state index is 0. The molecule has 0 aromatic carbocycles. The van der Waals surface area contributed by atoms with Gasteiger partial charge in [-0.25, -0.2) is 0 Å². The molecule has 0 rings (SSSR count). The van der Waals surface area contributed by atoms with Crippen LogP contribution in [-0.4, -0.2) is 38.3 Å². The van der Waals surface area contributed by atoms with Crippen molar-refractivity contribution in [1.82, 2.24) is 0 Å². The van der Waals surface area contributed by atoms with Gasteiger partial charge in [-0.1, -0.05) is 0 Å². The Labute approximate surface area is 142 Å². The molecule has 0 aromatic rings. The third kappa shape index (κ3) is 133. The number of rotatable bonds is 2. The largest absolute Gasteiger partial charge is 2.00 e. The summed E-state index contributed by atoms with van der Waals surface area (Å²) in [6.45, 7) is 0. The fourth-order valence-electron chi connectivity index (χ4n) is 0.0544. The van der Waals surface area contributed by atoms with Crippen LogP contribution in [0.2, 0.25) is 0 Å². The molecule has 13 nitrogen and oxygen atoms in total. The Morgan fingerprint density at radius 2 is 0.765 bits per heavy atom. The maximum atomic E-state index is 9.24. The molecule has 0 radical (unpaired) electrons. The molecule has 2 atom stereocenters. The van der Waals surface area contributed by atoms with E-state index >= 15 is 0 Å². The molecule has 0 aliphatic heterocycles. The van der Waals surface area contributed by atoms with Crippen molar-refractivity contribution in [3.63, 3.8) is 0 Å². The average molecular weight is 330 g/mol. The molecule has 17 heteroatoms. The first-order valence-electron chi connectivity index (χ1n) is 1.10. The van der Waals surface area contributed by atoms with Gasteiger partial charge in [0, 0.05) is 0 Å². The fourth-order valence-corrected chi connectivity index (χ4v) is 0.490. The molecular formula is H14Na2O13P2. The summed E-state index contributed by atoms with van der Waals surface area (Å²) in [5.41, 5.74) is 0. The van der Waals surface area contributed by atoms with E-state index in [0.29, 0.717) is 0 Å². The van der Waals surface area contributed by atoms with Crippen LogP contribution in [0.5, 0.6) is 0 Å². The Bertz CT molecular complexity index is 93.6. The molecule has 104 valence electrons. The fraction of sp³-hybridized carbons (Fsp3) is 0. The van der Waals surface area contributed by atoms with Gasteiger partial charge in [0.2, 0.25) is 0 Å². The molecule has 0 bridgehead atoms. The van der Waals surface area contributed by atoms with Crippen LogP contribution in [0, 0.1) is 0 Å². The van der Waals surface area contributed by atoms with Crippen LogP contribution in [-0.2, 0) is 18.9 Å². The summed E-state index contributed by atoms with van der Waals surface area (Å²) in [6, 6.07) is 0. The monoisotopic (exact) mass is 330 g/mol. The van der Waals surface area contributed by atoms with Crippen molar-refractivity contribution in [3.05, 3.63) is 0 Å². The van der Waals surface area contributed by atoms with Crippen molar-refractivity contribution >= 4 is 16.5 Å². The van der Waals surface area contributed by atoms with E-state index in [1.165, 1.54) is 0 Å². The Kier molecular flexibility index (Phi) is 376. The predicted octanol–water partition coefficient (Wildman–Crippen LogP) is -12.8. The van der Waals surface area contributed by atoms with Gasteiger partial charge >= 0.3 is 75.6 Å². The minimum Gasteiger partial charge on any atom is -2.00 e. The first-order valence-corrected chi connectivity index (χ1v) is 3.29. The van der Waals surface area contributed by atoms with E-state index in [0.717, 1.165) is 0 Å². The van der Waals surface area contributed by atoms with Crippen LogP contribution in [0.15, 0.2) is 0 Å². The summed E-state index contributed by atoms with van der Waals surface area (Å²) in [7, 11) is -6.47.